The van der Waals surface area contributed by atoms with Gasteiger partial charge >= 0.3 is 0 Å². The zero-order valence-corrected chi connectivity index (χ0v) is 9.29. The van der Waals surface area contributed by atoms with Gasteiger partial charge in [0.2, 0.25) is 5.95 Å². The van der Waals surface area contributed by atoms with E-state index >= 15 is 0 Å². The Morgan fingerprint density at radius 1 is 1.47 bits per heavy atom. The lowest BCUT2D eigenvalue weighted by molar-refractivity contribution is 0.438. The minimum Gasteiger partial charge on any atom is -0.368 e. The molecule has 5 heteroatoms. The fourth-order valence-electron chi connectivity index (χ4n) is 0.998. The first kappa shape index (κ1) is 11.7. The molecular weight excluding hydrogens is 195 g/mol. The van der Waals surface area contributed by atoms with Crippen molar-refractivity contribution in [2.24, 2.45) is 11.8 Å². The van der Waals surface area contributed by atoms with E-state index < -0.39 is 5.82 Å². The maximum absolute atomic E-state index is 13.2. The first-order valence-electron chi connectivity index (χ1n) is 5.02. The number of aromatic nitrogens is 2. The van der Waals surface area contributed by atoms with Crippen LogP contribution in [0.25, 0.3) is 0 Å². The van der Waals surface area contributed by atoms with Crippen LogP contribution in [-0.4, -0.2) is 16.5 Å². The van der Waals surface area contributed by atoms with E-state index in [1.807, 2.05) is 0 Å². The lowest BCUT2D eigenvalue weighted by Gasteiger charge is -2.16. The predicted molar refractivity (Wildman–Crippen MR) is 58.9 cm³/mol. The minimum atomic E-state index is -0.472. The van der Waals surface area contributed by atoms with Crippen molar-refractivity contribution in [3.05, 3.63) is 12.0 Å². The van der Waals surface area contributed by atoms with Gasteiger partial charge in [-0.25, -0.2) is 9.37 Å². The zero-order chi connectivity index (χ0) is 11.4. The largest absolute Gasteiger partial charge is 0.368 e. The molecule has 0 bridgehead atoms. The van der Waals surface area contributed by atoms with Crippen molar-refractivity contribution in [1.29, 1.82) is 0 Å². The lowest BCUT2D eigenvalue weighted by atomic mass is 9.98. The SMILES string of the molecule is CC(C)C(C)CNc1nc(N)ncc1F. The molecule has 1 rings (SSSR count). The van der Waals surface area contributed by atoms with Crippen LogP contribution < -0.4 is 11.1 Å². The Kier molecular flexibility index (Phi) is 3.82. The second-order valence-corrected chi connectivity index (χ2v) is 4.03. The molecule has 0 fully saturated rings. The van der Waals surface area contributed by atoms with Gasteiger partial charge in [0, 0.05) is 6.54 Å². The fraction of sp³-hybridized carbons (Fsp3) is 0.600. The highest BCUT2D eigenvalue weighted by Crippen LogP contribution is 2.14. The molecule has 1 atom stereocenters. The van der Waals surface area contributed by atoms with Crippen LogP contribution in [0, 0.1) is 17.7 Å². The number of nitrogens with two attached hydrogens (primary N) is 1. The average molecular weight is 212 g/mol. The van der Waals surface area contributed by atoms with E-state index in [-0.39, 0.29) is 11.8 Å². The van der Waals surface area contributed by atoms with Gasteiger partial charge in [-0.3, -0.25) is 0 Å². The standard InChI is InChI=1S/C10H17FN4/c1-6(2)7(3)4-13-9-8(11)5-14-10(12)15-9/h5-7H,4H2,1-3H3,(H3,12,13,14,15). The normalized spacial score (nSPS) is 12.9. The van der Waals surface area contributed by atoms with Crippen molar-refractivity contribution in [3.63, 3.8) is 0 Å². The third-order valence-electron chi connectivity index (χ3n) is 2.49. The molecule has 1 aromatic rings. The Labute approximate surface area is 89.1 Å². The van der Waals surface area contributed by atoms with E-state index in [0.717, 1.165) is 6.20 Å². The first-order chi connectivity index (χ1) is 7.00. The number of nitrogen functional groups attached to an aromatic ring is 1. The summed E-state index contributed by atoms with van der Waals surface area (Å²) in [6.45, 7) is 7.01. The van der Waals surface area contributed by atoms with Crippen LogP contribution in [-0.2, 0) is 0 Å². The number of hydrogen-bond donors (Lipinski definition) is 2. The molecule has 0 aliphatic heterocycles. The molecule has 0 radical (unpaired) electrons. The van der Waals surface area contributed by atoms with Gasteiger partial charge in [-0.05, 0) is 11.8 Å². The van der Waals surface area contributed by atoms with Crippen molar-refractivity contribution in [2.75, 3.05) is 17.6 Å². The van der Waals surface area contributed by atoms with E-state index in [9.17, 15) is 4.39 Å². The summed E-state index contributed by atoms with van der Waals surface area (Å²) in [7, 11) is 0. The Morgan fingerprint density at radius 3 is 2.73 bits per heavy atom. The van der Waals surface area contributed by atoms with Gasteiger partial charge in [0.25, 0.3) is 0 Å². The van der Waals surface area contributed by atoms with Crippen molar-refractivity contribution in [2.45, 2.75) is 20.8 Å². The van der Waals surface area contributed by atoms with Crippen LogP contribution in [0.4, 0.5) is 16.2 Å². The summed E-state index contributed by atoms with van der Waals surface area (Å²) in [4.78, 5) is 7.34. The zero-order valence-electron chi connectivity index (χ0n) is 9.29. The van der Waals surface area contributed by atoms with Gasteiger partial charge in [-0.15, -0.1) is 0 Å². The van der Waals surface area contributed by atoms with Gasteiger partial charge in [0.15, 0.2) is 11.6 Å². The molecule has 1 aromatic heterocycles. The molecule has 0 spiro atoms. The Balaban J connectivity index is 2.61. The summed E-state index contributed by atoms with van der Waals surface area (Å²) in [5.74, 6) is 0.770. The molecule has 1 unspecified atom stereocenters. The average Bonchev–Trinajstić information content (AvgIpc) is 2.18. The molecule has 0 aromatic carbocycles. The summed E-state index contributed by atoms with van der Waals surface area (Å²) in [5, 5.41) is 2.93. The summed E-state index contributed by atoms with van der Waals surface area (Å²) in [6, 6.07) is 0. The molecule has 0 aliphatic carbocycles. The van der Waals surface area contributed by atoms with Crippen LogP contribution in [0.1, 0.15) is 20.8 Å². The second-order valence-electron chi connectivity index (χ2n) is 4.03. The van der Waals surface area contributed by atoms with Crippen molar-refractivity contribution < 1.29 is 4.39 Å². The first-order valence-corrected chi connectivity index (χ1v) is 5.02. The highest BCUT2D eigenvalue weighted by molar-refractivity contribution is 5.39. The van der Waals surface area contributed by atoms with E-state index in [0.29, 0.717) is 18.4 Å². The molecule has 0 saturated carbocycles. The van der Waals surface area contributed by atoms with Crippen molar-refractivity contribution >= 4 is 11.8 Å². The van der Waals surface area contributed by atoms with Crippen LogP contribution in [0.3, 0.4) is 0 Å². The monoisotopic (exact) mass is 212 g/mol. The molecule has 3 N–H and O–H groups in total. The van der Waals surface area contributed by atoms with E-state index in [1.165, 1.54) is 0 Å². The summed E-state index contributed by atoms with van der Waals surface area (Å²) in [5.41, 5.74) is 5.36. The molecule has 1 heterocycles. The second kappa shape index (κ2) is 4.91. The van der Waals surface area contributed by atoms with Crippen LogP contribution in [0.15, 0.2) is 6.20 Å². The lowest BCUT2D eigenvalue weighted by Crippen LogP contribution is -2.18. The molecule has 15 heavy (non-hydrogen) atoms. The van der Waals surface area contributed by atoms with Crippen LogP contribution in [0.5, 0.6) is 0 Å². The number of nitrogens with zero attached hydrogens (tertiary/aromatic N) is 2. The summed E-state index contributed by atoms with van der Waals surface area (Å²) < 4.78 is 13.2. The highest BCUT2D eigenvalue weighted by atomic mass is 19.1. The minimum absolute atomic E-state index is 0.0797. The molecule has 0 aliphatic rings. The molecule has 84 valence electrons. The topological polar surface area (TPSA) is 63.8 Å². The molecule has 0 saturated heterocycles. The van der Waals surface area contributed by atoms with Gasteiger partial charge in [0.05, 0.1) is 6.20 Å². The molecule has 0 amide bonds. The maximum atomic E-state index is 13.2. The summed E-state index contributed by atoms with van der Waals surface area (Å²) >= 11 is 0. The predicted octanol–water partition coefficient (Wildman–Crippen LogP) is 1.90. The highest BCUT2D eigenvalue weighted by Gasteiger charge is 2.09. The van der Waals surface area contributed by atoms with Crippen molar-refractivity contribution in [3.8, 4) is 0 Å². The Hall–Kier alpha value is -1.39. The summed E-state index contributed by atoms with van der Waals surface area (Å²) in [6.07, 6.45) is 1.07. The number of hydrogen-bond acceptors (Lipinski definition) is 4. The number of nitrogens with one attached hydrogen (secondary N) is 1. The fourth-order valence-corrected chi connectivity index (χ4v) is 0.998. The van der Waals surface area contributed by atoms with E-state index in [2.05, 4.69) is 36.1 Å². The van der Waals surface area contributed by atoms with Crippen LogP contribution in [0.2, 0.25) is 0 Å². The third kappa shape index (κ3) is 3.34. The third-order valence-corrected chi connectivity index (χ3v) is 2.49. The number of rotatable bonds is 4. The Morgan fingerprint density at radius 2 is 2.13 bits per heavy atom. The van der Waals surface area contributed by atoms with Gasteiger partial charge in [-0.2, -0.15) is 4.98 Å². The van der Waals surface area contributed by atoms with Crippen molar-refractivity contribution in [1.82, 2.24) is 9.97 Å². The number of anilines is 2. The smallest absolute Gasteiger partial charge is 0.222 e. The number of halogens is 1. The Bertz CT molecular complexity index is 327. The van der Waals surface area contributed by atoms with Gasteiger partial charge in [0.1, 0.15) is 0 Å². The van der Waals surface area contributed by atoms with Gasteiger partial charge in [-0.1, -0.05) is 20.8 Å². The van der Waals surface area contributed by atoms with E-state index in [1.54, 1.807) is 0 Å². The van der Waals surface area contributed by atoms with E-state index in [4.69, 9.17) is 5.73 Å². The van der Waals surface area contributed by atoms with Gasteiger partial charge < -0.3 is 11.1 Å². The maximum Gasteiger partial charge on any atom is 0.222 e. The quantitative estimate of drug-likeness (QED) is 0.800. The molecular formula is C10H17FN4. The molecule has 4 nitrogen and oxygen atoms in total. The van der Waals surface area contributed by atoms with Crippen LogP contribution >= 0.6 is 0 Å².